The topological polar surface area (TPSA) is 157 Å². The average Bonchev–Trinajstić information content (AvgIpc) is 3.55. The van der Waals surface area contributed by atoms with Crippen LogP contribution >= 0.6 is 11.6 Å². The molecule has 5 rings (SSSR count). The van der Waals surface area contributed by atoms with E-state index in [4.69, 9.17) is 31.6 Å². The molecule has 1 aromatic carbocycles. The summed E-state index contributed by atoms with van der Waals surface area (Å²) < 4.78 is 33.4. The van der Waals surface area contributed by atoms with Crippen molar-refractivity contribution in [2.24, 2.45) is 0 Å². The fraction of sp³-hybridized carbons (Fsp3) is 0.231. The number of hydrogen-bond acceptors (Lipinski definition) is 7. The van der Waals surface area contributed by atoms with Gasteiger partial charge in [0.1, 0.15) is 16.7 Å². The fourth-order valence-electron chi connectivity index (χ4n) is 4.09. The highest BCUT2D eigenvalue weighted by atomic mass is 35.5. The van der Waals surface area contributed by atoms with E-state index in [0.29, 0.717) is 27.9 Å². The molecule has 1 atom stereocenters. The van der Waals surface area contributed by atoms with Crippen LogP contribution in [0.1, 0.15) is 17.7 Å². The van der Waals surface area contributed by atoms with E-state index < -0.39 is 12.1 Å². The highest BCUT2D eigenvalue weighted by molar-refractivity contribution is 6.29. The molecule has 2 amide bonds. The number of aliphatic carboxylic acids is 1. The van der Waals surface area contributed by atoms with Crippen molar-refractivity contribution >= 4 is 35.1 Å². The van der Waals surface area contributed by atoms with E-state index in [1.165, 1.54) is 0 Å². The minimum atomic E-state index is -5.08. The van der Waals surface area contributed by atoms with Crippen LogP contribution in [-0.2, 0) is 4.79 Å². The van der Waals surface area contributed by atoms with Gasteiger partial charge < -0.3 is 15.7 Å². The summed E-state index contributed by atoms with van der Waals surface area (Å²) >= 11 is 6.27. The Morgan fingerprint density at radius 1 is 1.20 bits per heavy atom. The first kappa shape index (κ1) is 29.2. The van der Waals surface area contributed by atoms with Crippen molar-refractivity contribution in [2.75, 3.05) is 18.4 Å². The van der Waals surface area contributed by atoms with Crippen LogP contribution < -0.4 is 16.0 Å². The molecular formula is C26H22ClF3N8O3. The van der Waals surface area contributed by atoms with Crippen molar-refractivity contribution in [1.82, 2.24) is 30.2 Å². The molecule has 1 saturated heterocycles. The zero-order valence-corrected chi connectivity index (χ0v) is 22.1. The number of anilines is 1. The number of urea groups is 1. The van der Waals surface area contributed by atoms with Crippen LogP contribution in [0.3, 0.4) is 0 Å². The summed E-state index contributed by atoms with van der Waals surface area (Å²) in [7, 11) is 0. The van der Waals surface area contributed by atoms with Crippen LogP contribution in [0, 0.1) is 18.3 Å². The Balaban J connectivity index is 0.000000493. The molecular weight excluding hydrogens is 565 g/mol. The lowest BCUT2D eigenvalue weighted by Crippen LogP contribution is -2.39. The fourth-order valence-corrected chi connectivity index (χ4v) is 4.34. The van der Waals surface area contributed by atoms with Gasteiger partial charge >= 0.3 is 18.2 Å². The first-order valence-electron chi connectivity index (χ1n) is 12.1. The van der Waals surface area contributed by atoms with Gasteiger partial charge in [-0.1, -0.05) is 23.7 Å². The van der Waals surface area contributed by atoms with Crippen molar-refractivity contribution in [2.45, 2.75) is 25.6 Å². The molecule has 212 valence electrons. The summed E-state index contributed by atoms with van der Waals surface area (Å²) in [5.74, 6) is -2.36. The number of pyridine rings is 1. The Morgan fingerprint density at radius 3 is 2.59 bits per heavy atom. The maximum Gasteiger partial charge on any atom is 0.490 e. The first-order chi connectivity index (χ1) is 19.4. The third-order valence-corrected chi connectivity index (χ3v) is 6.03. The minimum Gasteiger partial charge on any atom is -0.475 e. The Morgan fingerprint density at radius 2 is 1.95 bits per heavy atom. The lowest BCUT2D eigenvalue weighted by Gasteiger charge is -2.12. The number of carboxylic acid groups (broad SMARTS) is 1. The van der Waals surface area contributed by atoms with Crippen LogP contribution in [0.2, 0.25) is 5.15 Å². The highest BCUT2D eigenvalue weighted by Crippen LogP contribution is 2.36. The van der Waals surface area contributed by atoms with Crippen molar-refractivity contribution in [1.29, 1.82) is 5.26 Å². The maximum atomic E-state index is 12.5. The number of aromatic nitrogens is 4. The van der Waals surface area contributed by atoms with E-state index in [1.54, 1.807) is 35.0 Å². The summed E-state index contributed by atoms with van der Waals surface area (Å²) in [6.45, 7) is 3.50. The number of nitrogens with zero attached hydrogens (tertiary/aromatic N) is 5. The molecule has 15 heteroatoms. The van der Waals surface area contributed by atoms with E-state index in [0.717, 1.165) is 41.9 Å². The third kappa shape index (κ3) is 7.27. The van der Waals surface area contributed by atoms with E-state index >= 15 is 0 Å². The molecule has 0 aliphatic carbocycles. The number of aryl methyl sites for hydroxylation is 1. The Bertz CT molecular complexity index is 1630. The molecule has 3 aromatic heterocycles. The molecule has 0 bridgehead atoms. The van der Waals surface area contributed by atoms with Gasteiger partial charge in [0.15, 0.2) is 5.65 Å². The highest BCUT2D eigenvalue weighted by Gasteiger charge is 2.38. The van der Waals surface area contributed by atoms with E-state index in [1.807, 2.05) is 25.1 Å². The maximum absolute atomic E-state index is 12.5. The SMILES string of the molecule is Cc1cc(-c2c(-c3cccc(C#N)c3)nn3ccc(NC(=O)N[C@H]4CCNC4)nc23)cc(Cl)n1.O=C(O)C(F)(F)F. The zero-order chi connectivity index (χ0) is 29.7. The zero-order valence-electron chi connectivity index (χ0n) is 21.3. The second-order valence-electron chi connectivity index (χ2n) is 8.91. The smallest absolute Gasteiger partial charge is 0.475 e. The number of carbonyl (C=O) groups is 2. The molecule has 0 spiro atoms. The molecule has 41 heavy (non-hydrogen) atoms. The van der Waals surface area contributed by atoms with Crippen LogP contribution in [0.25, 0.3) is 28.0 Å². The summed E-state index contributed by atoms with van der Waals surface area (Å²) in [6, 6.07) is 14.5. The van der Waals surface area contributed by atoms with Crippen LogP contribution in [0.5, 0.6) is 0 Å². The number of carbonyl (C=O) groups excluding carboxylic acids is 1. The quantitative estimate of drug-likeness (QED) is 0.256. The standard InChI is InChI=1S/C24H21ClN8O.C2HF3O2/c1-14-9-17(11-19(25)28-14)21-22(16-4-2-3-15(10-16)12-26)32-33-8-6-20(30-23(21)33)31-24(34)29-18-5-7-27-13-18;3-2(4,5)1(6)7/h2-4,6,8-11,18,27H,5,7,13H2,1H3,(H2,29,30,31,34);(H,6,7)/t18-;/m0./s1. The van der Waals surface area contributed by atoms with E-state index in [-0.39, 0.29) is 12.1 Å². The second kappa shape index (κ2) is 12.2. The van der Waals surface area contributed by atoms with Crippen LogP contribution in [0.15, 0.2) is 48.7 Å². The molecule has 1 fully saturated rings. The molecule has 1 aliphatic heterocycles. The molecule has 11 nitrogen and oxygen atoms in total. The van der Waals surface area contributed by atoms with Gasteiger partial charge in [0.25, 0.3) is 0 Å². The van der Waals surface area contributed by atoms with Gasteiger partial charge in [-0.3, -0.25) is 5.32 Å². The number of hydrogen-bond donors (Lipinski definition) is 4. The summed E-state index contributed by atoms with van der Waals surface area (Å²) in [5, 5.41) is 30.6. The molecule has 4 N–H and O–H groups in total. The molecule has 1 aliphatic rings. The van der Waals surface area contributed by atoms with Gasteiger partial charge in [0.2, 0.25) is 0 Å². The molecule has 0 saturated carbocycles. The monoisotopic (exact) mass is 586 g/mol. The predicted molar refractivity (Wildman–Crippen MR) is 143 cm³/mol. The number of halogens is 4. The number of benzene rings is 1. The average molecular weight is 587 g/mol. The third-order valence-electron chi connectivity index (χ3n) is 5.84. The van der Waals surface area contributed by atoms with Gasteiger partial charge in [-0.05, 0) is 55.8 Å². The number of nitrogens with one attached hydrogen (secondary N) is 3. The lowest BCUT2D eigenvalue weighted by molar-refractivity contribution is -0.192. The van der Waals surface area contributed by atoms with E-state index in [2.05, 4.69) is 27.0 Å². The van der Waals surface area contributed by atoms with Crippen molar-refractivity contribution in [3.63, 3.8) is 0 Å². The number of rotatable bonds is 4. The number of fused-ring (bicyclic) bond motifs is 1. The number of alkyl halides is 3. The molecule has 4 heterocycles. The first-order valence-corrected chi connectivity index (χ1v) is 12.4. The Kier molecular flexibility index (Phi) is 8.70. The summed E-state index contributed by atoms with van der Waals surface area (Å²) in [6.07, 6.45) is -2.45. The summed E-state index contributed by atoms with van der Waals surface area (Å²) in [5.41, 5.74) is 4.74. The van der Waals surface area contributed by atoms with Gasteiger partial charge in [0, 0.05) is 30.0 Å². The molecule has 0 radical (unpaired) electrons. The number of amides is 2. The van der Waals surface area contributed by atoms with Gasteiger partial charge in [-0.15, -0.1) is 0 Å². The Hall–Kier alpha value is -4.74. The van der Waals surface area contributed by atoms with Crippen LogP contribution in [-0.4, -0.2) is 62.0 Å². The van der Waals surface area contributed by atoms with Crippen molar-refractivity contribution < 1.29 is 27.9 Å². The molecule has 0 unspecified atom stereocenters. The van der Waals surface area contributed by atoms with Gasteiger partial charge in [-0.2, -0.15) is 23.5 Å². The van der Waals surface area contributed by atoms with E-state index in [9.17, 15) is 23.2 Å². The van der Waals surface area contributed by atoms with Gasteiger partial charge in [-0.25, -0.2) is 24.1 Å². The normalized spacial score (nSPS) is 14.6. The summed E-state index contributed by atoms with van der Waals surface area (Å²) in [4.78, 5) is 30.3. The number of nitriles is 1. The van der Waals surface area contributed by atoms with Crippen LogP contribution in [0.4, 0.5) is 23.8 Å². The minimum absolute atomic E-state index is 0.0928. The predicted octanol–water partition coefficient (Wildman–Crippen LogP) is 4.41. The molecule has 4 aromatic rings. The largest absolute Gasteiger partial charge is 0.490 e. The lowest BCUT2D eigenvalue weighted by atomic mass is 10.00. The number of carboxylic acids is 1. The second-order valence-corrected chi connectivity index (χ2v) is 9.30. The Labute approximate surface area is 236 Å². The van der Waals surface area contributed by atoms with Gasteiger partial charge in [0.05, 0.1) is 17.2 Å². The van der Waals surface area contributed by atoms with Crippen molar-refractivity contribution in [3.05, 3.63) is 65.1 Å². The van der Waals surface area contributed by atoms with Crippen molar-refractivity contribution in [3.8, 4) is 28.5 Å².